The van der Waals surface area contributed by atoms with Crippen LogP contribution in [0.25, 0.3) is 0 Å². The summed E-state index contributed by atoms with van der Waals surface area (Å²) in [6.45, 7) is -0.0919. The highest BCUT2D eigenvalue weighted by Crippen LogP contribution is 2.54. The molecule has 0 bridgehead atoms. The number of ether oxygens (including phenoxy) is 1. The van der Waals surface area contributed by atoms with Crippen molar-refractivity contribution in [3.05, 3.63) is 45.5 Å². The van der Waals surface area contributed by atoms with E-state index in [1.165, 1.54) is 25.0 Å². The summed E-state index contributed by atoms with van der Waals surface area (Å²) < 4.78 is 45.4. The van der Waals surface area contributed by atoms with E-state index in [2.05, 4.69) is 32.8 Å². The van der Waals surface area contributed by atoms with E-state index in [4.69, 9.17) is 4.74 Å². The third-order valence-corrected chi connectivity index (χ3v) is 7.49. The molecule has 34 heavy (non-hydrogen) atoms. The van der Waals surface area contributed by atoms with Crippen molar-refractivity contribution in [2.45, 2.75) is 31.9 Å². The second-order valence-electron chi connectivity index (χ2n) is 9.17. The van der Waals surface area contributed by atoms with E-state index in [1.54, 1.807) is 12.1 Å². The Labute approximate surface area is 208 Å². The molecule has 2 aromatic rings. The Kier molecular flexibility index (Phi) is 5.89. The molecule has 2 aromatic carbocycles. The van der Waals surface area contributed by atoms with Crippen LogP contribution in [-0.2, 0) is 4.79 Å². The number of hydrogen-bond acceptors (Lipinski definition) is 4. The normalized spacial score (nSPS) is 19.0. The molecule has 0 radical (unpaired) electrons. The maximum absolute atomic E-state index is 13.2. The number of nitrogens with one attached hydrogen (secondary N) is 1. The zero-order valence-electron chi connectivity index (χ0n) is 18.3. The van der Waals surface area contributed by atoms with Crippen LogP contribution in [0.1, 0.15) is 36.0 Å². The lowest BCUT2D eigenvalue weighted by molar-refractivity contribution is -0.134. The number of carbonyl (C=O) groups is 2. The molecule has 3 aliphatic rings. The summed E-state index contributed by atoms with van der Waals surface area (Å²) in [5.41, 5.74) is 2.14. The number of rotatable bonds is 4. The third kappa shape index (κ3) is 4.82. The summed E-state index contributed by atoms with van der Waals surface area (Å²) >= 11 is 2.22. The van der Waals surface area contributed by atoms with Gasteiger partial charge in [0, 0.05) is 22.3 Å². The average Bonchev–Trinajstić information content (AvgIpc) is 3.54. The van der Waals surface area contributed by atoms with Crippen LogP contribution < -0.4 is 19.9 Å². The Bertz CT molecular complexity index is 1140. The van der Waals surface area contributed by atoms with E-state index in [1.807, 2.05) is 12.1 Å². The smallest absolute Gasteiger partial charge is 0.406 e. The molecule has 1 aliphatic carbocycles. The van der Waals surface area contributed by atoms with Crippen molar-refractivity contribution >= 4 is 51.5 Å². The van der Waals surface area contributed by atoms with Gasteiger partial charge in [0.25, 0.3) is 11.8 Å². The second kappa shape index (κ2) is 8.62. The minimum atomic E-state index is -4.56. The summed E-state index contributed by atoms with van der Waals surface area (Å²) in [5.74, 6) is -0.977. The molecule has 0 atom stereocenters. The van der Waals surface area contributed by atoms with Crippen molar-refractivity contribution in [2.24, 2.45) is 5.41 Å². The van der Waals surface area contributed by atoms with Crippen LogP contribution in [0.5, 0.6) is 5.75 Å². The second-order valence-corrected chi connectivity index (χ2v) is 10.4. The molecule has 2 fully saturated rings. The van der Waals surface area contributed by atoms with E-state index < -0.39 is 25.2 Å². The summed E-state index contributed by atoms with van der Waals surface area (Å²) in [4.78, 5) is 28.2. The van der Waals surface area contributed by atoms with Crippen LogP contribution in [0.3, 0.4) is 0 Å². The highest BCUT2D eigenvalue weighted by molar-refractivity contribution is 14.1. The van der Waals surface area contributed by atoms with Gasteiger partial charge in [0.15, 0.2) is 6.61 Å². The van der Waals surface area contributed by atoms with Gasteiger partial charge in [0.05, 0.1) is 16.9 Å². The summed E-state index contributed by atoms with van der Waals surface area (Å²) in [5, 5.41) is 2.79. The molecular weight excluding hydrogens is 562 g/mol. The first-order valence-electron chi connectivity index (χ1n) is 11.1. The molecule has 1 spiro atoms. The fourth-order valence-electron chi connectivity index (χ4n) is 4.69. The quantitative estimate of drug-likeness (QED) is 0.501. The number of benzene rings is 2. The predicted molar refractivity (Wildman–Crippen MR) is 131 cm³/mol. The molecule has 10 heteroatoms. The Morgan fingerprint density at radius 2 is 1.79 bits per heavy atom. The van der Waals surface area contributed by atoms with Crippen LogP contribution in [0.2, 0.25) is 0 Å². The number of amides is 2. The average molecular weight is 585 g/mol. The number of anilines is 3. The zero-order chi connectivity index (χ0) is 24.1. The lowest BCUT2D eigenvalue weighted by Crippen LogP contribution is -2.44. The summed E-state index contributed by atoms with van der Waals surface area (Å²) in [7, 11) is 0. The van der Waals surface area contributed by atoms with Crippen LogP contribution in [-0.4, -0.2) is 44.2 Å². The molecule has 1 saturated heterocycles. The molecule has 1 N–H and O–H groups in total. The minimum absolute atomic E-state index is 0.0139. The van der Waals surface area contributed by atoms with Gasteiger partial charge in [0.2, 0.25) is 0 Å². The van der Waals surface area contributed by atoms with Gasteiger partial charge < -0.3 is 15.0 Å². The van der Waals surface area contributed by atoms with Gasteiger partial charge in [-0.1, -0.05) is 0 Å². The Hall–Kier alpha value is -2.50. The number of halogens is 4. The van der Waals surface area contributed by atoms with E-state index >= 15 is 0 Å². The van der Waals surface area contributed by atoms with Crippen LogP contribution in [0.4, 0.5) is 30.2 Å². The van der Waals surface area contributed by atoms with Crippen molar-refractivity contribution in [2.75, 3.05) is 41.4 Å². The van der Waals surface area contributed by atoms with Crippen LogP contribution in [0, 0.1) is 8.99 Å². The fraction of sp³-hybridized carbons (Fsp3) is 0.417. The standard InChI is InChI=1S/C24H23F3IN3O3/c25-24(26,27)14-31-19-12-16(2-4-20(19)34-13-21(31)32)29-22(33)17-3-1-15(28)11-18(17)30-9-7-23(5-6-23)8-10-30/h1-4,11-12H,5-10,13-14H2,(H,29,33). The van der Waals surface area contributed by atoms with Crippen molar-refractivity contribution in [1.82, 2.24) is 0 Å². The molecule has 2 aliphatic heterocycles. The maximum atomic E-state index is 13.2. The number of fused-ring (bicyclic) bond motifs is 1. The fourth-order valence-corrected chi connectivity index (χ4v) is 5.16. The van der Waals surface area contributed by atoms with E-state index in [-0.39, 0.29) is 23.0 Å². The van der Waals surface area contributed by atoms with Gasteiger partial charge in [-0.3, -0.25) is 14.5 Å². The van der Waals surface area contributed by atoms with Gasteiger partial charge in [-0.25, -0.2) is 0 Å². The highest BCUT2D eigenvalue weighted by Gasteiger charge is 2.44. The van der Waals surface area contributed by atoms with Crippen molar-refractivity contribution in [1.29, 1.82) is 0 Å². The third-order valence-electron chi connectivity index (χ3n) is 6.82. The van der Waals surface area contributed by atoms with Crippen molar-refractivity contribution < 1.29 is 27.5 Å². The zero-order valence-corrected chi connectivity index (χ0v) is 20.4. The first kappa shape index (κ1) is 23.3. The van der Waals surface area contributed by atoms with Gasteiger partial charge >= 0.3 is 6.18 Å². The summed E-state index contributed by atoms with van der Waals surface area (Å²) in [6.07, 6.45) is 0.251. The molecule has 2 heterocycles. The Balaban J connectivity index is 1.38. The van der Waals surface area contributed by atoms with Gasteiger partial charge in [-0.05, 0) is 90.1 Å². The molecule has 5 rings (SSSR count). The first-order chi connectivity index (χ1) is 16.1. The lowest BCUT2D eigenvalue weighted by Gasteiger charge is -2.35. The topological polar surface area (TPSA) is 61.9 Å². The predicted octanol–water partition coefficient (Wildman–Crippen LogP) is 5.21. The molecule has 180 valence electrons. The molecule has 6 nitrogen and oxygen atoms in total. The first-order valence-corrected chi connectivity index (χ1v) is 12.2. The van der Waals surface area contributed by atoms with E-state index in [9.17, 15) is 22.8 Å². The lowest BCUT2D eigenvalue weighted by atomic mass is 9.93. The van der Waals surface area contributed by atoms with E-state index in [0.717, 1.165) is 35.2 Å². The molecule has 0 aromatic heterocycles. The van der Waals surface area contributed by atoms with Gasteiger partial charge in [0.1, 0.15) is 12.3 Å². The molecule has 2 amide bonds. The van der Waals surface area contributed by atoms with Crippen LogP contribution >= 0.6 is 22.6 Å². The maximum Gasteiger partial charge on any atom is 0.406 e. The van der Waals surface area contributed by atoms with Crippen LogP contribution in [0.15, 0.2) is 36.4 Å². The monoisotopic (exact) mass is 585 g/mol. The molecule has 1 saturated carbocycles. The van der Waals surface area contributed by atoms with E-state index in [0.29, 0.717) is 15.9 Å². The minimum Gasteiger partial charge on any atom is -0.482 e. The number of piperidine rings is 1. The number of carbonyl (C=O) groups excluding carboxylic acids is 2. The number of alkyl halides is 3. The molecular formula is C24H23F3IN3O3. The van der Waals surface area contributed by atoms with Gasteiger partial charge in [-0.15, -0.1) is 0 Å². The SMILES string of the molecule is O=C(Nc1ccc2c(c1)N(CC(F)(F)F)C(=O)CO2)c1ccc(I)cc1N1CCC2(CC1)CC2. The largest absolute Gasteiger partial charge is 0.482 e. The number of hydrogen-bond donors (Lipinski definition) is 1. The Morgan fingerprint density at radius 3 is 2.47 bits per heavy atom. The number of nitrogens with zero attached hydrogens (tertiary/aromatic N) is 2. The Morgan fingerprint density at radius 1 is 1.06 bits per heavy atom. The van der Waals surface area contributed by atoms with Crippen molar-refractivity contribution in [3.63, 3.8) is 0 Å². The van der Waals surface area contributed by atoms with Gasteiger partial charge in [-0.2, -0.15) is 13.2 Å². The summed E-state index contributed by atoms with van der Waals surface area (Å²) in [6, 6.07) is 9.99. The highest BCUT2D eigenvalue weighted by atomic mass is 127. The molecule has 0 unspecified atom stereocenters. The van der Waals surface area contributed by atoms with Crippen molar-refractivity contribution in [3.8, 4) is 5.75 Å².